The van der Waals surface area contributed by atoms with E-state index in [-0.39, 0.29) is 24.9 Å². The number of aliphatic hydroxyl groups is 2. The van der Waals surface area contributed by atoms with Gasteiger partial charge in [-0.3, -0.25) is 9.59 Å². The van der Waals surface area contributed by atoms with E-state index in [1.165, 1.54) is 141 Å². The average molecular weight is 868 g/mol. The van der Waals surface area contributed by atoms with Gasteiger partial charge in [-0.15, -0.1) is 0 Å². The molecule has 62 heavy (non-hydrogen) atoms. The van der Waals surface area contributed by atoms with E-state index >= 15 is 0 Å². The molecule has 3 unspecified atom stereocenters. The summed E-state index contributed by atoms with van der Waals surface area (Å²) in [6.45, 7) is 6.35. The van der Waals surface area contributed by atoms with Crippen molar-refractivity contribution < 1.29 is 24.5 Å². The topological polar surface area (TPSA) is 95.9 Å². The van der Waals surface area contributed by atoms with Crippen LogP contribution in [0.4, 0.5) is 0 Å². The van der Waals surface area contributed by atoms with E-state index in [2.05, 4.69) is 80.8 Å². The summed E-state index contributed by atoms with van der Waals surface area (Å²) in [5, 5.41) is 23.8. The molecule has 0 aromatic rings. The van der Waals surface area contributed by atoms with Gasteiger partial charge in [0, 0.05) is 12.8 Å². The van der Waals surface area contributed by atoms with Gasteiger partial charge in [0.1, 0.15) is 6.10 Å². The first kappa shape index (κ1) is 59.6. The van der Waals surface area contributed by atoms with Gasteiger partial charge in [-0.05, 0) is 44.9 Å². The Morgan fingerprint density at radius 2 is 0.839 bits per heavy atom. The summed E-state index contributed by atoms with van der Waals surface area (Å²) in [4.78, 5) is 26.1. The minimum absolute atomic E-state index is 0.000862. The lowest BCUT2D eigenvalue weighted by atomic mass is 10.0. The van der Waals surface area contributed by atoms with Gasteiger partial charge < -0.3 is 20.3 Å². The minimum atomic E-state index is -0.812. The van der Waals surface area contributed by atoms with Gasteiger partial charge in [0.2, 0.25) is 5.91 Å². The zero-order valence-electron chi connectivity index (χ0n) is 41.0. The first-order valence-corrected chi connectivity index (χ1v) is 26.5. The Morgan fingerprint density at radius 1 is 0.484 bits per heavy atom. The average Bonchev–Trinajstić information content (AvgIpc) is 3.26. The number of amides is 1. The van der Waals surface area contributed by atoms with Crippen LogP contribution >= 0.6 is 0 Å². The number of ether oxygens (including phenoxy) is 1. The van der Waals surface area contributed by atoms with Gasteiger partial charge in [-0.1, -0.05) is 255 Å². The quantitative estimate of drug-likeness (QED) is 0.0322. The number of hydrogen-bond acceptors (Lipinski definition) is 5. The fourth-order valence-corrected chi connectivity index (χ4v) is 7.87. The van der Waals surface area contributed by atoms with Gasteiger partial charge in [-0.2, -0.15) is 0 Å². The van der Waals surface area contributed by atoms with Crippen LogP contribution in [0.25, 0.3) is 0 Å². The smallest absolute Gasteiger partial charge is 0.306 e. The van der Waals surface area contributed by atoms with Crippen LogP contribution in [-0.2, 0) is 14.3 Å². The monoisotopic (exact) mass is 868 g/mol. The molecule has 0 aliphatic carbocycles. The van der Waals surface area contributed by atoms with Gasteiger partial charge in [-0.25, -0.2) is 0 Å². The molecule has 0 rings (SSSR count). The molecule has 6 heteroatoms. The number of esters is 1. The predicted molar refractivity (Wildman–Crippen MR) is 268 cm³/mol. The lowest BCUT2D eigenvalue weighted by Crippen LogP contribution is -2.46. The van der Waals surface area contributed by atoms with E-state index in [4.69, 9.17) is 4.74 Å². The Morgan fingerprint density at radius 3 is 1.23 bits per heavy atom. The lowest BCUT2D eigenvalue weighted by Gasteiger charge is -2.24. The van der Waals surface area contributed by atoms with Crippen molar-refractivity contribution >= 4 is 11.9 Å². The highest BCUT2D eigenvalue weighted by Gasteiger charge is 2.23. The van der Waals surface area contributed by atoms with Crippen molar-refractivity contribution in [2.24, 2.45) is 0 Å². The Hall–Kier alpha value is -2.44. The highest BCUT2D eigenvalue weighted by atomic mass is 16.5. The highest BCUT2D eigenvalue weighted by Crippen LogP contribution is 2.17. The van der Waals surface area contributed by atoms with Gasteiger partial charge in [0.05, 0.1) is 25.2 Å². The first-order chi connectivity index (χ1) is 30.5. The van der Waals surface area contributed by atoms with Crippen molar-refractivity contribution in [3.63, 3.8) is 0 Å². The van der Waals surface area contributed by atoms with Crippen molar-refractivity contribution in [3.05, 3.63) is 60.8 Å². The van der Waals surface area contributed by atoms with Crippen molar-refractivity contribution in [2.75, 3.05) is 6.61 Å². The van der Waals surface area contributed by atoms with Crippen molar-refractivity contribution in [3.8, 4) is 0 Å². The minimum Gasteiger partial charge on any atom is -0.461 e. The number of carbonyl (C=O) groups excluding carboxylic acids is 2. The third kappa shape index (κ3) is 44.2. The van der Waals surface area contributed by atoms with Gasteiger partial charge >= 0.3 is 5.97 Å². The number of carbonyl (C=O) groups is 2. The normalized spacial score (nSPS) is 13.7. The standard InChI is InChI=1S/C56H101NO5/c1-4-7-10-13-16-19-22-25-28-29-32-35-38-41-44-47-52(62-56(61)49-46-43-40-37-34-31-27-24-21-18-15-12-9-6-3)50-55(60)57-53(51-58)54(59)48-45-42-39-36-33-30-26-23-20-17-14-11-8-5-2/h7,10,16,19,25,28,32,35,41,44,52-54,58-59H,4-6,8-9,11-15,17-18,20-24,26-27,29-31,33-34,36-40,42-43,45-51H2,1-3H3,(H,57,60)/b10-7-,19-16-,28-25-,35-32-,44-41-. The summed E-state index contributed by atoms with van der Waals surface area (Å²) in [6, 6.07) is -0.731. The Balaban J connectivity index is 4.69. The molecular formula is C56H101NO5. The van der Waals surface area contributed by atoms with Crippen LogP contribution in [0.2, 0.25) is 0 Å². The Kier molecular flexibility index (Phi) is 47.6. The van der Waals surface area contributed by atoms with Crippen molar-refractivity contribution in [1.29, 1.82) is 0 Å². The summed E-state index contributed by atoms with van der Waals surface area (Å²) in [7, 11) is 0. The van der Waals surface area contributed by atoms with Crippen molar-refractivity contribution in [2.45, 2.75) is 277 Å². The number of allylic oxidation sites excluding steroid dienone is 9. The second-order valence-corrected chi connectivity index (χ2v) is 17.9. The van der Waals surface area contributed by atoms with Crippen molar-refractivity contribution in [1.82, 2.24) is 5.32 Å². The van der Waals surface area contributed by atoms with Crippen LogP contribution in [0.1, 0.15) is 258 Å². The molecule has 0 fully saturated rings. The third-order valence-corrected chi connectivity index (χ3v) is 11.9. The number of rotatable bonds is 47. The SMILES string of the molecule is CC/C=C\C/C=C\C/C=C\C/C=C\C/C=C\CC(CC(=O)NC(CO)C(O)CCCCCCCCCCCCCCCC)OC(=O)CCCCCCCCCCCCCCCC. The molecule has 0 aromatic heterocycles. The zero-order chi connectivity index (χ0) is 45.2. The summed E-state index contributed by atoms with van der Waals surface area (Å²) in [5.41, 5.74) is 0. The largest absolute Gasteiger partial charge is 0.461 e. The number of aliphatic hydroxyl groups excluding tert-OH is 2. The third-order valence-electron chi connectivity index (χ3n) is 11.9. The number of nitrogens with one attached hydrogen (secondary N) is 1. The number of unbranched alkanes of at least 4 members (excludes halogenated alkanes) is 26. The molecule has 0 radical (unpaired) electrons. The maximum absolute atomic E-state index is 13.2. The summed E-state index contributed by atoms with van der Waals surface area (Å²) in [6.07, 6.45) is 61.5. The molecule has 3 N–H and O–H groups in total. The fraction of sp³-hybridized carbons (Fsp3) is 0.786. The molecule has 3 atom stereocenters. The Labute approximate surface area is 384 Å². The second-order valence-electron chi connectivity index (χ2n) is 17.9. The molecule has 360 valence electrons. The zero-order valence-corrected chi connectivity index (χ0v) is 41.0. The van der Waals surface area contributed by atoms with Crippen LogP contribution < -0.4 is 5.32 Å². The van der Waals surface area contributed by atoms with Gasteiger partial charge in [0.25, 0.3) is 0 Å². The van der Waals surface area contributed by atoms with Crippen LogP contribution in [0.15, 0.2) is 60.8 Å². The summed E-state index contributed by atoms with van der Waals surface area (Å²) in [5.74, 6) is -0.573. The first-order valence-electron chi connectivity index (χ1n) is 26.5. The molecule has 0 aliphatic heterocycles. The van der Waals surface area contributed by atoms with Crippen LogP contribution in [0.5, 0.6) is 0 Å². The molecule has 0 saturated carbocycles. The van der Waals surface area contributed by atoms with Crippen LogP contribution in [0, 0.1) is 0 Å². The molecule has 0 spiro atoms. The van der Waals surface area contributed by atoms with E-state index in [0.717, 1.165) is 70.6 Å². The molecular weight excluding hydrogens is 767 g/mol. The van der Waals surface area contributed by atoms with E-state index in [1.807, 2.05) is 6.08 Å². The molecule has 0 aliphatic rings. The molecule has 6 nitrogen and oxygen atoms in total. The fourth-order valence-electron chi connectivity index (χ4n) is 7.87. The molecule has 0 heterocycles. The van der Waals surface area contributed by atoms with Crippen LogP contribution in [-0.4, -0.2) is 46.9 Å². The lowest BCUT2D eigenvalue weighted by molar-refractivity contribution is -0.150. The summed E-state index contributed by atoms with van der Waals surface area (Å²) < 4.78 is 5.87. The summed E-state index contributed by atoms with van der Waals surface area (Å²) >= 11 is 0. The van der Waals surface area contributed by atoms with E-state index in [0.29, 0.717) is 19.3 Å². The Bertz CT molecular complexity index is 1110. The van der Waals surface area contributed by atoms with Gasteiger partial charge in [0.15, 0.2) is 0 Å². The van der Waals surface area contributed by atoms with E-state index in [9.17, 15) is 19.8 Å². The molecule has 0 bridgehead atoms. The molecule has 0 aromatic carbocycles. The van der Waals surface area contributed by atoms with E-state index < -0.39 is 18.2 Å². The van der Waals surface area contributed by atoms with Crippen LogP contribution in [0.3, 0.4) is 0 Å². The maximum Gasteiger partial charge on any atom is 0.306 e. The van der Waals surface area contributed by atoms with E-state index in [1.54, 1.807) is 0 Å². The maximum atomic E-state index is 13.2. The second kappa shape index (κ2) is 49.6. The molecule has 0 saturated heterocycles. The highest BCUT2D eigenvalue weighted by molar-refractivity contribution is 5.77. The number of hydrogen-bond donors (Lipinski definition) is 3. The molecule has 1 amide bonds. The predicted octanol–water partition coefficient (Wildman–Crippen LogP) is 16.0.